The molecule has 3 aromatic rings. The fourth-order valence-corrected chi connectivity index (χ4v) is 8.14. The van der Waals surface area contributed by atoms with Crippen molar-refractivity contribution in [1.29, 1.82) is 0 Å². The number of fused-ring (bicyclic) bond motifs is 1. The van der Waals surface area contributed by atoms with Crippen molar-refractivity contribution >= 4 is 34.4 Å². The predicted octanol–water partition coefficient (Wildman–Crippen LogP) is 7.79. The molecule has 1 saturated carbocycles. The molecule has 2 aliphatic heterocycles. The van der Waals surface area contributed by atoms with Crippen LogP contribution in [0.4, 0.5) is 29.5 Å². The Morgan fingerprint density at radius 1 is 0.930 bits per heavy atom. The zero-order valence-electron chi connectivity index (χ0n) is 34.0. The molecule has 3 fully saturated rings. The maximum atomic E-state index is 13.7. The van der Waals surface area contributed by atoms with Crippen LogP contribution in [0.1, 0.15) is 101 Å². The third kappa shape index (κ3) is 10.6. The van der Waals surface area contributed by atoms with Crippen molar-refractivity contribution in [1.82, 2.24) is 24.7 Å². The van der Waals surface area contributed by atoms with Crippen molar-refractivity contribution in [2.24, 2.45) is 11.8 Å². The summed E-state index contributed by atoms with van der Waals surface area (Å²) in [6.45, 7) is 14.1. The van der Waals surface area contributed by atoms with E-state index in [-0.39, 0.29) is 35.4 Å². The SMILES string of the molecule is COc1cc2nc(C)nc(N[C@H](C)c3cc(N)cc(C(F)(F)F)c3)c2cc1C1CCC(C(=O)N2CCN(CC#CC3CCN(C(=O)OC(C)(C)C)CC3)CC2)CC1. The number of aromatic nitrogens is 2. The molecule has 6 rings (SSSR count). The normalized spacial score (nSPS) is 20.4. The van der Waals surface area contributed by atoms with E-state index in [0.29, 0.717) is 61.2 Å². The van der Waals surface area contributed by atoms with Crippen molar-refractivity contribution < 1.29 is 32.2 Å². The third-order valence-electron chi connectivity index (χ3n) is 11.3. The van der Waals surface area contributed by atoms with Crippen LogP contribution in [0.3, 0.4) is 0 Å². The number of alkyl halides is 3. The number of benzene rings is 2. The molecule has 1 atom stereocenters. The lowest BCUT2D eigenvalue weighted by Crippen LogP contribution is -2.50. The van der Waals surface area contributed by atoms with E-state index in [0.717, 1.165) is 74.7 Å². The van der Waals surface area contributed by atoms with E-state index in [4.69, 9.17) is 15.2 Å². The molecular formula is C43H56F3N7O4. The number of rotatable bonds is 7. The summed E-state index contributed by atoms with van der Waals surface area (Å²) in [6.07, 6.45) is 0.0967. The first kappa shape index (κ1) is 41.9. The summed E-state index contributed by atoms with van der Waals surface area (Å²) in [6, 6.07) is 6.98. The maximum absolute atomic E-state index is 13.7. The first-order valence-corrected chi connectivity index (χ1v) is 20.1. The highest BCUT2D eigenvalue weighted by Crippen LogP contribution is 2.43. The minimum absolute atomic E-state index is 0.0328. The van der Waals surface area contributed by atoms with Gasteiger partial charge in [0.2, 0.25) is 5.91 Å². The van der Waals surface area contributed by atoms with Crippen LogP contribution in [0.5, 0.6) is 5.75 Å². The molecule has 0 bridgehead atoms. The Bertz CT molecular complexity index is 1980. The Balaban J connectivity index is 1.02. The molecule has 3 heterocycles. The fraction of sp³-hybridized carbons (Fsp3) is 0.581. The third-order valence-corrected chi connectivity index (χ3v) is 11.3. The molecule has 2 amide bonds. The van der Waals surface area contributed by atoms with E-state index in [1.54, 1.807) is 25.9 Å². The molecule has 0 spiro atoms. The number of hydrogen-bond donors (Lipinski definition) is 2. The number of likely N-dealkylation sites (tertiary alicyclic amines) is 1. The van der Waals surface area contributed by atoms with Gasteiger partial charge in [0.15, 0.2) is 0 Å². The Morgan fingerprint density at radius 2 is 1.61 bits per heavy atom. The molecular weight excluding hydrogens is 736 g/mol. The highest BCUT2D eigenvalue weighted by Gasteiger charge is 2.34. The Kier molecular flexibility index (Phi) is 12.8. The van der Waals surface area contributed by atoms with Crippen LogP contribution in [0.25, 0.3) is 10.9 Å². The van der Waals surface area contributed by atoms with Gasteiger partial charge in [0.1, 0.15) is 23.0 Å². The van der Waals surface area contributed by atoms with E-state index < -0.39 is 23.4 Å². The number of nitrogen functional groups attached to an aromatic ring is 1. The van der Waals surface area contributed by atoms with Crippen molar-refractivity contribution in [3.8, 4) is 17.6 Å². The number of carbonyl (C=O) groups excluding carboxylic acids is 2. The average molecular weight is 792 g/mol. The lowest BCUT2D eigenvalue weighted by Gasteiger charge is -2.37. The van der Waals surface area contributed by atoms with E-state index >= 15 is 0 Å². The summed E-state index contributed by atoms with van der Waals surface area (Å²) >= 11 is 0. The van der Waals surface area contributed by atoms with E-state index in [2.05, 4.69) is 32.0 Å². The number of hydrogen-bond acceptors (Lipinski definition) is 9. The van der Waals surface area contributed by atoms with Gasteiger partial charge in [0, 0.05) is 68.2 Å². The summed E-state index contributed by atoms with van der Waals surface area (Å²) < 4.78 is 52.0. The maximum Gasteiger partial charge on any atom is 0.416 e. The standard InChI is InChI=1S/C43H56F3N7O4/c1-27(32-22-33(43(44,45)46)24-34(47)23-32)48-39-36-25-35(38(56-6)26-37(36)49-28(2)50-39)30-9-11-31(12-10-30)40(54)52-20-18-51(19-21-52)15-7-8-29-13-16-53(17-14-29)41(55)57-42(3,4)5/h22-27,29-31H,9-21,47H2,1-6H3,(H,48,49,50)/t27-,30?,31?/m1/s1. The first-order valence-electron chi connectivity index (χ1n) is 20.1. The Hall–Kier alpha value is -4.77. The predicted molar refractivity (Wildman–Crippen MR) is 215 cm³/mol. The van der Waals surface area contributed by atoms with Crippen LogP contribution in [0, 0.1) is 30.6 Å². The minimum atomic E-state index is -4.52. The molecule has 2 saturated heterocycles. The number of piperazine rings is 1. The van der Waals surface area contributed by atoms with Crippen LogP contribution < -0.4 is 15.8 Å². The van der Waals surface area contributed by atoms with Crippen LogP contribution in [-0.4, -0.2) is 95.2 Å². The van der Waals surface area contributed by atoms with Gasteiger partial charge in [-0.1, -0.05) is 11.8 Å². The van der Waals surface area contributed by atoms with Crippen LogP contribution in [-0.2, 0) is 15.7 Å². The van der Waals surface area contributed by atoms with E-state index in [9.17, 15) is 22.8 Å². The van der Waals surface area contributed by atoms with Crippen molar-refractivity contribution in [2.75, 3.05) is 64.0 Å². The Morgan fingerprint density at radius 3 is 2.25 bits per heavy atom. The summed E-state index contributed by atoms with van der Waals surface area (Å²) in [5.41, 5.74) is 6.66. The van der Waals surface area contributed by atoms with Gasteiger partial charge in [-0.25, -0.2) is 14.8 Å². The highest BCUT2D eigenvalue weighted by atomic mass is 19.4. The topological polar surface area (TPSA) is 126 Å². The number of anilines is 2. The summed E-state index contributed by atoms with van der Waals surface area (Å²) in [5.74, 6) is 9.14. The summed E-state index contributed by atoms with van der Waals surface area (Å²) in [4.78, 5) is 41.4. The van der Waals surface area contributed by atoms with Gasteiger partial charge in [0.25, 0.3) is 0 Å². The number of piperidine rings is 1. The van der Waals surface area contributed by atoms with E-state index in [1.165, 1.54) is 6.07 Å². The lowest BCUT2D eigenvalue weighted by atomic mass is 9.77. The number of nitrogens with zero attached hydrogens (tertiary/aromatic N) is 5. The number of ether oxygens (including phenoxy) is 2. The minimum Gasteiger partial charge on any atom is -0.496 e. The molecule has 3 N–H and O–H groups in total. The first-order chi connectivity index (χ1) is 27.0. The fourth-order valence-electron chi connectivity index (χ4n) is 8.14. The van der Waals surface area contributed by atoms with Crippen LogP contribution in [0.15, 0.2) is 30.3 Å². The summed E-state index contributed by atoms with van der Waals surface area (Å²) in [7, 11) is 1.63. The quantitative estimate of drug-likeness (QED) is 0.182. The van der Waals surface area contributed by atoms with Gasteiger partial charge < -0.3 is 30.3 Å². The highest BCUT2D eigenvalue weighted by molar-refractivity contribution is 5.91. The second kappa shape index (κ2) is 17.4. The van der Waals surface area contributed by atoms with Gasteiger partial charge in [0.05, 0.1) is 30.8 Å². The molecule has 0 unspecified atom stereocenters. The van der Waals surface area contributed by atoms with Crippen molar-refractivity contribution in [3.05, 3.63) is 52.8 Å². The number of amides is 2. The summed E-state index contributed by atoms with van der Waals surface area (Å²) in [5, 5.41) is 4.06. The van der Waals surface area contributed by atoms with Crippen LogP contribution in [0.2, 0.25) is 0 Å². The molecule has 1 aliphatic carbocycles. The molecule has 2 aromatic carbocycles. The zero-order valence-corrected chi connectivity index (χ0v) is 34.0. The molecule has 14 heteroatoms. The average Bonchev–Trinajstić information content (AvgIpc) is 3.16. The van der Waals surface area contributed by atoms with Crippen molar-refractivity contribution in [3.63, 3.8) is 0 Å². The number of methoxy groups -OCH3 is 1. The monoisotopic (exact) mass is 791 g/mol. The molecule has 3 aliphatic rings. The molecule has 308 valence electrons. The Labute approximate surface area is 333 Å². The number of nitrogens with two attached hydrogens (primary N) is 1. The molecule has 11 nitrogen and oxygen atoms in total. The molecule has 57 heavy (non-hydrogen) atoms. The second-order valence-corrected chi connectivity index (χ2v) is 16.7. The molecule has 1 aromatic heterocycles. The number of nitrogens with one attached hydrogen (secondary N) is 1. The largest absolute Gasteiger partial charge is 0.496 e. The van der Waals surface area contributed by atoms with Gasteiger partial charge >= 0.3 is 12.3 Å². The van der Waals surface area contributed by atoms with Gasteiger partial charge in [-0.15, -0.1) is 0 Å². The van der Waals surface area contributed by atoms with Crippen molar-refractivity contribution in [2.45, 2.75) is 96.9 Å². The number of halogens is 3. The smallest absolute Gasteiger partial charge is 0.416 e. The number of carbonyl (C=O) groups is 2. The van der Waals surface area contributed by atoms with Gasteiger partial charge in [-0.3, -0.25) is 9.69 Å². The van der Waals surface area contributed by atoms with E-state index in [1.807, 2.05) is 37.8 Å². The second-order valence-electron chi connectivity index (χ2n) is 16.7. The van der Waals surface area contributed by atoms with Gasteiger partial charge in [-0.05, 0) is 114 Å². The zero-order chi connectivity index (χ0) is 41.1. The molecule has 0 radical (unpaired) electrons. The lowest BCUT2D eigenvalue weighted by molar-refractivity contribution is -0.138. The van der Waals surface area contributed by atoms with Crippen LogP contribution >= 0.6 is 0 Å². The van der Waals surface area contributed by atoms with Gasteiger partial charge in [-0.2, -0.15) is 13.2 Å². The number of aryl methyl sites for hydroxylation is 1.